The smallest absolute Gasteiger partial charge is 0.267 e. The van der Waals surface area contributed by atoms with Gasteiger partial charge in [-0.1, -0.05) is 48.5 Å². The number of aromatic amines is 1. The molecule has 0 fully saturated rings. The highest BCUT2D eigenvalue weighted by atomic mass is 16.6. The Morgan fingerprint density at radius 2 is 1.47 bits per heavy atom. The van der Waals surface area contributed by atoms with E-state index in [1.165, 1.54) is 0 Å². The summed E-state index contributed by atoms with van der Waals surface area (Å²) < 4.78 is 1.05. The second-order valence-corrected chi connectivity index (χ2v) is 7.37. The molecule has 11 heteroatoms. The molecule has 0 aliphatic rings. The fourth-order valence-corrected chi connectivity index (χ4v) is 3.91. The summed E-state index contributed by atoms with van der Waals surface area (Å²) in [5.74, 6) is 0. The van der Waals surface area contributed by atoms with Crippen molar-refractivity contribution < 1.29 is 9.85 Å². The molecule has 11 nitrogen and oxygen atoms in total. The van der Waals surface area contributed by atoms with Gasteiger partial charge in [0.2, 0.25) is 0 Å². The summed E-state index contributed by atoms with van der Waals surface area (Å²) in [5, 5.41) is 25.2. The number of hydrogen-bond acceptors (Lipinski definition) is 7. The van der Waals surface area contributed by atoms with Crippen molar-refractivity contribution in [2.75, 3.05) is 0 Å². The lowest BCUT2D eigenvalue weighted by Crippen LogP contribution is -2.29. The molecule has 34 heavy (non-hydrogen) atoms. The van der Waals surface area contributed by atoms with Crippen molar-refractivity contribution in [2.45, 2.75) is 0 Å². The van der Waals surface area contributed by atoms with Gasteiger partial charge in [0.25, 0.3) is 16.8 Å². The molecule has 0 amide bonds. The van der Waals surface area contributed by atoms with Crippen molar-refractivity contribution in [3.63, 3.8) is 0 Å². The van der Waals surface area contributed by atoms with Crippen LogP contribution in [-0.4, -0.2) is 24.6 Å². The number of nitrogens with zero attached hydrogens (tertiary/aromatic N) is 4. The van der Waals surface area contributed by atoms with Crippen LogP contribution in [0.25, 0.3) is 38.6 Å². The molecule has 5 aromatic rings. The Hall–Kier alpha value is -5.19. The fourth-order valence-electron chi connectivity index (χ4n) is 3.91. The number of nitro benzene ring substituents is 2. The zero-order valence-electron chi connectivity index (χ0n) is 17.2. The van der Waals surface area contributed by atoms with Gasteiger partial charge in [0.1, 0.15) is 5.52 Å². The lowest BCUT2D eigenvalue weighted by Gasteiger charge is -2.12. The highest BCUT2D eigenvalue weighted by Gasteiger charge is 2.26. The number of nitrogens with one attached hydrogen (secondary N) is 1. The van der Waals surface area contributed by atoms with Gasteiger partial charge >= 0.3 is 5.69 Å². The zero-order valence-corrected chi connectivity index (χ0v) is 17.2. The maximum Gasteiger partial charge on any atom is 0.302 e. The number of nitro groups is 2. The highest BCUT2D eigenvalue weighted by Crippen LogP contribution is 2.36. The minimum Gasteiger partial charge on any atom is -0.267 e. The van der Waals surface area contributed by atoms with E-state index < -0.39 is 32.3 Å². The number of pyridine rings is 1. The molecular formula is C23H13N5O6. The van der Waals surface area contributed by atoms with E-state index in [1.807, 2.05) is 0 Å². The predicted octanol–water partition coefficient (Wildman–Crippen LogP) is 3.71. The highest BCUT2D eigenvalue weighted by molar-refractivity contribution is 6.13. The van der Waals surface area contributed by atoms with Crippen LogP contribution in [0.4, 0.5) is 11.4 Å². The van der Waals surface area contributed by atoms with Gasteiger partial charge in [-0.15, -0.1) is 0 Å². The van der Waals surface area contributed by atoms with Crippen LogP contribution in [0.5, 0.6) is 0 Å². The van der Waals surface area contributed by atoms with Gasteiger partial charge in [0.15, 0.2) is 0 Å². The quantitative estimate of drug-likeness (QED) is 0.246. The van der Waals surface area contributed by atoms with E-state index in [4.69, 9.17) is 0 Å². The molecule has 0 radical (unpaired) electrons. The summed E-state index contributed by atoms with van der Waals surface area (Å²) in [6.45, 7) is 0. The van der Waals surface area contributed by atoms with E-state index >= 15 is 0 Å². The zero-order chi connectivity index (χ0) is 24.0. The van der Waals surface area contributed by atoms with Crippen LogP contribution in [-0.2, 0) is 0 Å². The second-order valence-electron chi connectivity index (χ2n) is 7.37. The fraction of sp³-hybridized carbons (Fsp3) is 0. The van der Waals surface area contributed by atoms with Crippen LogP contribution in [0.15, 0.2) is 82.4 Å². The SMILES string of the molecule is O=c1[nH]n(-c2ccccc2)c(=O)c2c(-c3ccccc3)nc3c([N+](=O)[O-])cc([N+](=O)[O-])cc3c12. The van der Waals surface area contributed by atoms with Crippen molar-refractivity contribution in [2.24, 2.45) is 0 Å². The number of aromatic nitrogens is 3. The third-order valence-corrected chi connectivity index (χ3v) is 5.38. The minimum absolute atomic E-state index is 0.0563. The second kappa shape index (κ2) is 7.74. The Bertz CT molecular complexity index is 1740. The average molecular weight is 455 g/mol. The van der Waals surface area contributed by atoms with Crippen molar-refractivity contribution in [1.29, 1.82) is 0 Å². The lowest BCUT2D eigenvalue weighted by atomic mass is 10.0. The third-order valence-electron chi connectivity index (χ3n) is 5.38. The summed E-state index contributed by atoms with van der Waals surface area (Å²) in [6, 6.07) is 18.6. The van der Waals surface area contributed by atoms with E-state index in [9.17, 15) is 29.8 Å². The van der Waals surface area contributed by atoms with Crippen LogP contribution < -0.4 is 11.1 Å². The Morgan fingerprint density at radius 1 is 0.824 bits per heavy atom. The Labute approximate surface area is 188 Å². The molecular weight excluding hydrogens is 442 g/mol. The van der Waals surface area contributed by atoms with Crippen LogP contribution >= 0.6 is 0 Å². The Kier molecular flexibility index (Phi) is 4.71. The van der Waals surface area contributed by atoms with Gasteiger partial charge in [-0.3, -0.25) is 34.9 Å². The molecule has 0 unspecified atom stereocenters. The van der Waals surface area contributed by atoms with Gasteiger partial charge < -0.3 is 0 Å². The molecule has 0 aliphatic carbocycles. The van der Waals surface area contributed by atoms with E-state index in [1.54, 1.807) is 60.7 Å². The molecule has 2 aromatic heterocycles. The van der Waals surface area contributed by atoms with Crippen LogP contribution in [0.1, 0.15) is 0 Å². The minimum atomic E-state index is -0.803. The van der Waals surface area contributed by atoms with Gasteiger partial charge in [-0.25, -0.2) is 9.67 Å². The van der Waals surface area contributed by atoms with E-state index in [0.717, 1.165) is 16.8 Å². The third kappa shape index (κ3) is 3.19. The summed E-state index contributed by atoms with van der Waals surface area (Å²) >= 11 is 0. The first-order chi connectivity index (χ1) is 16.4. The normalized spacial score (nSPS) is 11.1. The van der Waals surface area contributed by atoms with Crippen molar-refractivity contribution in [3.8, 4) is 16.9 Å². The van der Waals surface area contributed by atoms with Gasteiger partial charge in [-0.2, -0.15) is 0 Å². The standard InChI is InChI=1S/C23H13N5O6/c29-22-18-16-11-15(27(31)32)12-17(28(33)34)21(16)24-20(13-7-3-1-4-8-13)19(18)23(30)26(25-22)14-9-5-2-6-10-14/h1-12H,(H,25,29). The molecule has 3 aromatic carbocycles. The number of benzene rings is 3. The molecule has 0 bridgehead atoms. The summed E-state index contributed by atoms with van der Waals surface area (Å²) in [7, 11) is 0. The molecule has 0 saturated heterocycles. The molecule has 1 N–H and O–H groups in total. The largest absolute Gasteiger partial charge is 0.302 e. The molecule has 2 heterocycles. The van der Waals surface area contributed by atoms with E-state index in [2.05, 4.69) is 10.1 Å². The van der Waals surface area contributed by atoms with Crippen LogP contribution in [0.3, 0.4) is 0 Å². The Balaban J connectivity index is 2.06. The first-order valence-corrected chi connectivity index (χ1v) is 9.93. The summed E-state index contributed by atoms with van der Waals surface area (Å²) in [4.78, 5) is 52.9. The van der Waals surface area contributed by atoms with Crippen molar-refractivity contribution in [1.82, 2.24) is 14.8 Å². The van der Waals surface area contributed by atoms with Gasteiger partial charge in [-0.05, 0) is 12.1 Å². The molecule has 0 saturated carbocycles. The summed E-state index contributed by atoms with van der Waals surface area (Å²) in [5.41, 5.74) is -1.97. The lowest BCUT2D eigenvalue weighted by molar-refractivity contribution is -0.393. The maximum absolute atomic E-state index is 13.6. The molecule has 0 aliphatic heterocycles. The van der Waals surface area contributed by atoms with Gasteiger partial charge in [0, 0.05) is 17.0 Å². The molecule has 0 spiro atoms. The summed E-state index contributed by atoms with van der Waals surface area (Å²) in [6.07, 6.45) is 0. The average Bonchev–Trinajstić information content (AvgIpc) is 2.85. The predicted molar refractivity (Wildman–Crippen MR) is 124 cm³/mol. The van der Waals surface area contributed by atoms with Crippen molar-refractivity contribution in [3.05, 3.63) is 114 Å². The molecule has 166 valence electrons. The van der Waals surface area contributed by atoms with Crippen LogP contribution in [0, 0.1) is 20.2 Å². The number of H-pyrrole nitrogens is 1. The number of hydrogen-bond donors (Lipinski definition) is 1. The molecule has 0 atom stereocenters. The Morgan fingerprint density at radius 3 is 2.09 bits per heavy atom. The van der Waals surface area contributed by atoms with E-state index in [0.29, 0.717) is 11.3 Å². The van der Waals surface area contributed by atoms with Crippen molar-refractivity contribution >= 4 is 33.1 Å². The number of rotatable bonds is 4. The maximum atomic E-state index is 13.6. The number of para-hydroxylation sites is 1. The first kappa shape index (κ1) is 20.7. The van der Waals surface area contributed by atoms with Crippen LogP contribution in [0.2, 0.25) is 0 Å². The van der Waals surface area contributed by atoms with E-state index in [-0.39, 0.29) is 27.4 Å². The monoisotopic (exact) mass is 455 g/mol. The topological polar surface area (TPSA) is 154 Å². The first-order valence-electron chi connectivity index (χ1n) is 9.93. The van der Waals surface area contributed by atoms with Gasteiger partial charge in [0.05, 0.1) is 38.1 Å². The number of fused-ring (bicyclic) bond motifs is 3. The number of non-ortho nitro benzene ring substituents is 2. The molecule has 5 rings (SSSR count).